The smallest absolute Gasteiger partial charge is 0.262 e. The first-order valence-electron chi connectivity index (χ1n) is 9.21. The van der Waals surface area contributed by atoms with E-state index in [1.165, 1.54) is 0 Å². The number of fused-ring (bicyclic) bond motifs is 1. The number of amides is 3. The van der Waals surface area contributed by atoms with Crippen LogP contribution in [0.5, 0.6) is 0 Å². The van der Waals surface area contributed by atoms with Gasteiger partial charge in [0.05, 0.1) is 11.1 Å². The van der Waals surface area contributed by atoms with E-state index in [0.29, 0.717) is 29.7 Å². The third kappa shape index (κ3) is 2.69. The van der Waals surface area contributed by atoms with Gasteiger partial charge in [0.15, 0.2) is 0 Å². The standard InChI is InChI=1S/C20H23N3O3/c1-12-7-9-22(10-8-12)14-4-5-15-16(11-14)20(26)23(19(15)25)17-6-3-13(2)21-18(17)24/h4-5,11-12,17H,2-3,6-10H2,1H3,(H,21,24). The van der Waals surface area contributed by atoms with Gasteiger partial charge in [-0.1, -0.05) is 13.5 Å². The molecule has 0 aromatic heterocycles. The minimum atomic E-state index is -0.757. The molecule has 0 aliphatic carbocycles. The summed E-state index contributed by atoms with van der Waals surface area (Å²) in [5.41, 5.74) is 2.40. The van der Waals surface area contributed by atoms with Gasteiger partial charge in [0.1, 0.15) is 6.04 Å². The van der Waals surface area contributed by atoms with Crippen molar-refractivity contribution in [1.29, 1.82) is 0 Å². The monoisotopic (exact) mass is 353 g/mol. The van der Waals surface area contributed by atoms with Crippen LogP contribution in [0.15, 0.2) is 30.5 Å². The molecule has 1 atom stereocenters. The summed E-state index contributed by atoms with van der Waals surface area (Å²) in [5, 5.41) is 2.65. The average Bonchev–Trinajstić information content (AvgIpc) is 2.87. The molecule has 2 saturated heterocycles. The molecule has 0 spiro atoms. The topological polar surface area (TPSA) is 69.7 Å². The molecule has 3 aliphatic heterocycles. The minimum absolute atomic E-state index is 0.332. The predicted octanol–water partition coefficient (Wildman–Crippen LogP) is 2.31. The Labute approximate surface area is 152 Å². The Balaban J connectivity index is 1.60. The maximum atomic E-state index is 12.9. The number of carbonyl (C=O) groups excluding carboxylic acids is 3. The number of carbonyl (C=O) groups is 3. The van der Waals surface area contributed by atoms with E-state index in [1.54, 1.807) is 6.07 Å². The fraction of sp³-hybridized carbons (Fsp3) is 0.450. The van der Waals surface area contributed by atoms with E-state index < -0.39 is 6.04 Å². The van der Waals surface area contributed by atoms with Gasteiger partial charge in [0.2, 0.25) is 5.91 Å². The summed E-state index contributed by atoms with van der Waals surface area (Å²) in [6.45, 7) is 7.91. The number of anilines is 1. The lowest BCUT2D eigenvalue weighted by atomic mass is 9.98. The van der Waals surface area contributed by atoms with Gasteiger partial charge in [-0.15, -0.1) is 0 Å². The van der Waals surface area contributed by atoms with E-state index in [4.69, 9.17) is 0 Å². The molecule has 136 valence electrons. The normalized spacial score (nSPS) is 24.1. The van der Waals surface area contributed by atoms with Crippen molar-refractivity contribution < 1.29 is 14.4 Å². The van der Waals surface area contributed by atoms with E-state index in [9.17, 15) is 14.4 Å². The maximum absolute atomic E-state index is 12.9. The van der Waals surface area contributed by atoms with E-state index in [2.05, 4.69) is 23.7 Å². The number of nitrogens with one attached hydrogen (secondary N) is 1. The van der Waals surface area contributed by atoms with Gasteiger partial charge < -0.3 is 10.2 Å². The Morgan fingerprint density at radius 1 is 1.04 bits per heavy atom. The number of hydrogen-bond donors (Lipinski definition) is 1. The van der Waals surface area contributed by atoms with E-state index >= 15 is 0 Å². The second-order valence-electron chi connectivity index (χ2n) is 7.53. The zero-order valence-corrected chi connectivity index (χ0v) is 15.0. The second kappa shape index (κ2) is 6.27. The summed E-state index contributed by atoms with van der Waals surface area (Å²) >= 11 is 0. The van der Waals surface area contributed by atoms with E-state index in [1.807, 2.05) is 12.1 Å². The van der Waals surface area contributed by atoms with Gasteiger partial charge >= 0.3 is 0 Å². The number of benzene rings is 1. The minimum Gasteiger partial charge on any atom is -0.371 e. The highest BCUT2D eigenvalue weighted by Crippen LogP contribution is 2.32. The third-order valence-electron chi connectivity index (χ3n) is 5.68. The van der Waals surface area contributed by atoms with Crippen molar-refractivity contribution in [2.45, 2.75) is 38.6 Å². The lowest BCUT2D eigenvalue weighted by molar-refractivity contribution is -0.125. The van der Waals surface area contributed by atoms with Crippen LogP contribution >= 0.6 is 0 Å². The van der Waals surface area contributed by atoms with Crippen LogP contribution in [0.2, 0.25) is 0 Å². The first kappa shape index (κ1) is 16.8. The summed E-state index contributed by atoms with van der Waals surface area (Å²) in [7, 11) is 0. The molecule has 6 heteroatoms. The van der Waals surface area contributed by atoms with Gasteiger partial charge in [0.25, 0.3) is 11.8 Å². The summed E-state index contributed by atoms with van der Waals surface area (Å²) in [4.78, 5) is 41.3. The molecule has 6 nitrogen and oxygen atoms in total. The molecule has 0 bridgehead atoms. The van der Waals surface area contributed by atoms with Crippen LogP contribution in [-0.2, 0) is 4.79 Å². The quantitative estimate of drug-likeness (QED) is 0.829. The molecule has 3 aliphatic rings. The zero-order chi connectivity index (χ0) is 18.4. The van der Waals surface area contributed by atoms with Crippen molar-refractivity contribution in [3.05, 3.63) is 41.6 Å². The van der Waals surface area contributed by atoms with Crippen LogP contribution < -0.4 is 10.2 Å². The van der Waals surface area contributed by atoms with Crippen LogP contribution in [0.25, 0.3) is 0 Å². The van der Waals surface area contributed by atoms with Crippen molar-refractivity contribution >= 4 is 23.4 Å². The maximum Gasteiger partial charge on any atom is 0.262 e. The highest BCUT2D eigenvalue weighted by atomic mass is 16.2. The first-order valence-corrected chi connectivity index (χ1v) is 9.21. The molecule has 26 heavy (non-hydrogen) atoms. The van der Waals surface area contributed by atoms with E-state index in [-0.39, 0.29) is 17.7 Å². The van der Waals surface area contributed by atoms with Crippen LogP contribution in [-0.4, -0.2) is 41.8 Å². The number of piperidine rings is 2. The SMILES string of the molecule is C=C1CCC(N2C(=O)c3ccc(N4CCC(C)CC4)cc3C2=O)C(=O)N1. The van der Waals surface area contributed by atoms with Crippen molar-refractivity contribution in [1.82, 2.24) is 10.2 Å². The Bertz CT molecular complexity index is 809. The van der Waals surface area contributed by atoms with Gasteiger partial charge in [-0.3, -0.25) is 19.3 Å². The van der Waals surface area contributed by atoms with Gasteiger partial charge in [-0.05, 0) is 49.8 Å². The molecule has 0 radical (unpaired) electrons. The molecule has 3 amide bonds. The summed E-state index contributed by atoms with van der Waals surface area (Å²) in [5.74, 6) is -0.360. The Morgan fingerprint density at radius 3 is 2.42 bits per heavy atom. The molecular weight excluding hydrogens is 330 g/mol. The third-order valence-corrected chi connectivity index (χ3v) is 5.68. The zero-order valence-electron chi connectivity index (χ0n) is 15.0. The lowest BCUT2D eigenvalue weighted by Crippen LogP contribution is -2.51. The van der Waals surface area contributed by atoms with Crippen molar-refractivity contribution in [3.8, 4) is 0 Å². The highest BCUT2D eigenvalue weighted by molar-refractivity contribution is 6.23. The number of allylic oxidation sites excluding steroid dienone is 1. The van der Waals surface area contributed by atoms with Gasteiger partial charge in [-0.25, -0.2) is 0 Å². The fourth-order valence-electron chi connectivity index (χ4n) is 4.00. The molecule has 3 heterocycles. The summed E-state index contributed by atoms with van der Waals surface area (Å²) < 4.78 is 0. The van der Waals surface area contributed by atoms with E-state index in [0.717, 1.165) is 42.4 Å². The number of rotatable bonds is 2. The average molecular weight is 353 g/mol. The molecule has 1 N–H and O–H groups in total. The number of imide groups is 1. The van der Waals surface area contributed by atoms with Crippen molar-refractivity contribution in [2.24, 2.45) is 5.92 Å². The van der Waals surface area contributed by atoms with Crippen LogP contribution in [0, 0.1) is 5.92 Å². The molecule has 0 saturated carbocycles. The van der Waals surface area contributed by atoms with Gasteiger partial charge in [-0.2, -0.15) is 0 Å². The Hall–Kier alpha value is -2.63. The Kier molecular flexibility index (Phi) is 4.05. The van der Waals surface area contributed by atoms with Crippen molar-refractivity contribution in [2.75, 3.05) is 18.0 Å². The molecule has 1 aromatic carbocycles. The fourth-order valence-corrected chi connectivity index (χ4v) is 4.00. The molecule has 4 rings (SSSR count). The lowest BCUT2D eigenvalue weighted by Gasteiger charge is -2.32. The number of nitrogens with zero attached hydrogens (tertiary/aromatic N) is 2. The van der Waals surface area contributed by atoms with Crippen LogP contribution in [0.3, 0.4) is 0 Å². The summed E-state index contributed by atoms with van der Waals surface area (Å²) in [6.07, 6.45) is 3.25. The molecule has 1 unspecified atom stereocenters. The first-order chi connectivity index (χ1) is 12.5. The van der Waals surface area contributed by atoms with Crippen molar-refractivity contribution in [3.63, 3.8) is 0 Å². The predicted molar refractivity (Wildman–Crippen MR) is 97.9 cm³/mol. The molecule has 2 fully saturated rings. The second-order valence-corrected chi connectivity index (χ2v) is 7.53. The summed E-state index contributed by atoms with van der Waals surface area (Å²) in [6, 6.07) is 4.69. The highest BCUT2D eigenvalue weighted by Gasteiger charge is 2.44. The van der Waals surface area contributed by atoms with Crippen LogP contribution in [0.4, 0.5) is 5.69 Å². The Morgan fingerprint density at radius 2 is 1.73 bits per heavy atom. The molecule has 1 aromatic rings. The van der Waals surface area contributed by atoms with Crippen LogP contribution in [0.1, 0.15) is 53.3 Å². The largest absolute Gasteiger partial charge is 0.371 e. The van der Waals surface area contributed by atoms with Gasteiger partial charge in [0, 0.05) is 24.5 Å². The number of hydrogen-bond acceptors (Lipinski definition) is 4. The molecular formula is C20H23N3O3.